The summed E-state index contributed by atoms with van der Waals surface area (Å²) in [5.74, 6) is 11.3. The number of nitrogens with two attached hydrogens (primary N) is 2. The lowest BCUT2D eigenvalue weighted by molar-refractivity contribution is 0.467. The van der Waals surface area contributed by atoms with E-state index in [1.165, 1.54) is 10.6 Å². The predicted molar refractivity (Wildman–Crippen MR) is 133 cm³/mol. The molecule has 8 nitrogen and oxygen atoms in total. The summed E-state index contributed by atoms with van der Waals surface area (Å²) in [7, 11) is 0. The first-order valence-corrected chi connectivity index (χ1v) is 11.3. The van der Waals surface area contributed by atoms with E-state index in [-0.39, 0.29) is 28.5 Å². The van der Waals surface area contributed by atoms with Gasteiger partial charge in [0.15, 0.2) is 5.82 Å². The maximum Gasteiger partial charge on any atom is 0.298 e. The number of hydrazine groups is 1. The van der Waals surface area contributed by atoms with Crippen molar-refractivity contribution in [1.82, 2.24) is 15.0 Å². The highest BCUT2D eigenvalue weighted by molar-refractivity contribution is 5.81. The number of halogens is 1. The van der Waals surface area contributed by atoms with Gasteiger partial charge >= 0.3 is 0 Å². The van der Waals surface area contributed by atoms with Gasteiger partial charge < -0.3 is 16.6 Å². The molecule has 2 aromatic carbocycles. The van der Waals surface area contributed by atoms with E-state index in [1.807, 2.05) is 24.3 Å². The van der Waals surface area contributed by atoms with Gasteiger partial charge in [-0.25, -0.2) is 15.2 Å². The molecule has 1 heterocycles. The quantitative estimate of drug-likeness (QED) is 0.192. The standard InChI is InChI=1S/C25H30FN7O/c1-15-14-25(2,3)22-18(26)9-10-19(21(15)22)30-23-24(34)33(13-12-29-23)17-7-4-16(5-8-17)6-11-20(31-27)32-28/h4-5,7-10,12-13,15H,6,11,14,27-28H2,1-3H3,(H,29,30)(H,31,32). The number of benzene rings is 2. The Morgan fingerprint density at radius 2 is 2.00 bits per heavy atom. The monoisotopic (exact) mass is 463 g/mol. The number of rotatable bonds is 6. The van der Waals surface area contributed by atoms with Crippen molar-refractivity contribution in [3.63, 3.8) is 0 Å². The van der Waals surface area contributed by atoms with Gasteiger partial charge in [0, 0.05) is 30.2 Å². The van der Waals surface area contributed by atoms with Gasteiger partial charge in [-0.1, -0.05) is 32.9 Å². The second kappa shape index (κ2) is 9.26. The Hall–Kier alpha value is -3.72. The van der Waals surface area contributed by atoms with Crippen LogP contribution < -0.4 is 28.0 Å². The summed E-state index contributed by atoms with van der Waals surface area (Å²) in [5, 5.41) is 6.76. The van der Waals surface area contributed by atoms with Crippen molar-refractivity contribution in [2.75, 3.05) is 5.32 Å². The molecule has 0 saturated heterocycles. The van der Waals surface area contributed by atoms with Crippen molar-refractivity contribution in [3.8, 4) is 5.69 Å². The summed E-state index contributed by atoms with van der Waals surface area (Å²) in [4.78, 5) is 17.5. The Bertz CT molecular complexity index is 1280. The molecule has 6 N–H and O–H groups in total. The zero-order valence-corrected chi connectivity index (χ0v) is 19.6. The average Bonchev–Trinajstić information content (AvgIpc) is 3.07. The molecule has 9 heteroatoms. The zero-order chi connectivity index (χ0) is 24.5. The summed E-state index contributed by atoms with van der Waals surface area (Å²) in [6.07, 6.45) is 5.32. The van der Waals surface area contributed by atoms with Gasteiger partial charge in [0.05, 0.1) is 0 Å². The van der Waals surface area contributed by atoms with Crippen molar-refractivity contribution < 1.29 is 4.39 Å². The molecule has 0 bridgehead atoms. The van der Waals surface area contributed by atoms with E-state index in [2.05, 4.69) is 41.6 Å². The molecule has 0 spiro atoms. The summed E-state index contributed by atoms with van der Waals surface area (Å²) in [6.45, 7) is 6.19. The van der Waals surface area contributed by atoms with Crippen LogP contribution in [0.4, 0.5) is 15.9 Å². The fourth-order valence-corrected chi connectivity index (χ4v) is 4.96. The molecular formula is C25H30FN7O. The molecule has 4 rings (SSSR count). The normalized spacial score (nSPS) is 16.9. The number of fused-ring (bicyclic) bond motifs is 1. The zero-order valence-electron chi connectivity index (χ0n) is 19.6. The summed E-state index contributed by atoms with van der Waals surface area (Å²) in [5.41, 5.74) is 6.02. The van der Waals surface area contributed by atoms with Crippen molar-refractivity contribution in [1.29, 1.82) is 0 Å². The predicted octanol–water partition coefficient (Wildman–Crippen LogP) is 3.57. The number of hydrazone groups is 1. The van der Waals surface area contributed by atoms with E-state index in [4.69, 9.17) is 11.7 Å². The van der Waals surface area contributed by atoms with E-state index < -0.39 is 0 Å². The third kappa shape index (κ3) is 4.38. The second-order valence-electron chi connectivity index (χ2n) is 9.34. The van der Waals surface area contributed by atoms with Gasteiger partial charge in [-0.3, -0.25) is 9.36 Å². The molecule has 178 valence electrons. The number of amidine groups is 1. The fraction of sp³-hybridized carbons (Fsp3) is 0.320. The Labute approximate surface area is 197 Å². The first-order chi connectivity index (χ1) is 16.2. The molecule has 0 saturated carbocycles. The van der Waals surface area contributed by atoms with Crippen LogP contribution >= 0.6 is 0 Å². The minimum Gasteiger partial charge on any atom is -0.335 e. The smallest absolute Gasteiger partial charge is 0.298 e. The van der Waals surface area contributed by atoms with Crippen LogP contribution in [0.3, 0.4) is 0 Å². The summed E-state index contributed by atoms with van der Waals surface area (Å²) in [6, 6.07) is 10.8. The number of hydrogen-bond acceptors (Lipinski definition) is 6. The van der Waals surface area contributed by atoms with E-state index >= 15 is 0 Å². The Balaban J connectivity index is 1.61. The van der Waals surface area contributed by atoms with Gasteiger partial charge in [-0.05, 0) is 65.1 Å². The molecule has 34 heavy (non-hydrogen) atoms. The first-order valence-electron chi connectivity index (χ1n) is 11.3. The molecule has 1 aliphatic carbocycles. The van der Waals surface area contributed by atoms with Crippen LogP contribution in [0.1, 0.15) is 56.2 Å². The molecule has 0 radical (unpaired) electrons. The minimum atomic E-state index is -0.289. The van der Waals surface area contributed by atoms with Crippen LogP contribution in [0.2, 0.25) is 0 Å². The molecule has 0 aliphatic heterocycles. The SMILES string of the molecule is CC1CC(C)(C)c2c(F)ccc(Nc3nccn(-c4ccc(CC/C(=N/N)NN)cc4)c3=O)c21. The van der Waals surface area contributed by atoms with Gasteiger partial charge in [0.25, 0.3) is 5.56 Å². The number of aryl methyl sites for hydroxylation is 1. The van der Waals surface area contributed by atoms with E-state index in [1.54, 1.807) is 18.5 Å². The maximum atomic E-state index is 14.7. The van der Waals surface area contributed by atoms with E-state index in [0.29, 0.717) is 29.9 Å². The highest BCUT2D eigenvalue weighted by atomic mass is 19.1. The number of nitrogens with zero attached hydrogens (tertiary/aromatic N) is 3. The maximum absolute atomic E-state index is 14.7. The lowest BCUT2D eigenvalue weighted by atomic mass is 9.86. The molecule has 1 aliphatic rings. The third-order valence-corrected chi connectivity index (χ3v) is 6.46. The largest absolute Gasteiger partial charge is 0.335 e. The lowest BCUT2D eigenvalue weighted by Crippen LogP contribution is -2.31. The fourth-order valence-electron chi connectivity index (χ4n) is 4.96. The molecule has 1 atom stereocenters. The molecule has 0 amide bonds. The van der Waals surface area contributed by atoms with Gasteiger partial charge in [-0.2, -0.15) is 5.10 Å². The van der Waals surface area contributed by atoms with Crippen LogP contribution in [0.25, 0.3) is 5.69 Å². The summed E-state index contributed by atoms with van der Waals surface area (Å²) >= 11 is 0. The van der Waals surface area contributed by atoms with Crippen LogP contribution in [0, 0.1) is 5.82 Å². The van der Waals surface area contributed by atoms with Crippen LogP contribution in [0.5, 0.6) is 0 Å². The number of hydrogen-bond donors (Lipinski definition) is 4. The van der Waals surface area contributed by atoms with Gasteiger partial charge in [-0.15, -0.1) is 0 Å². The highest BCUT2D eigenvalue weighted by Gasteiger charge is 2.39. The van der Waals surface area contributed by atoms with Crippen molar-refractivity contribution in [2.45, 2.75) is 51.4 Å². The Morgan fingerprint density at radius 1 is 1.26 bits per heavy atom. The first kappa shape index (κ1) is 23.4. The van der Waals surface area contributed by atoms with Crippen LogP contribution in [-0.4, -0.2) is 15.4 Å². The number of aromatic nitrogens is 2. The minimum absolute atomic E-state index is 0.168. The van der Waals surface area contributed by atoms with Crippen molar-refractivity contribution in [3.05, 3.63) is 81.7 Å². The molecule has 0 fully saturated rings. The van der Waals surface area contributed by atoms with Crippen molar-refractivity contribution >= 4 is 17.3 Å². The average molecular weight is 464 g/mol. The second-order valence-corrected chi connectivity index (χ2v) is 9.34. The van der Waals surface area contributed by atoms with Crippen molar-refractivity contribution in [2.24, 2.45) is 16.8 Å². The van der Waals surface area contributed by atoms with E-state index in [0.717, 1.165) is 23.2 Å². The molecule has 1 aromatic heterocycles. The molecule has 3 aromatic rings. The van der Waals surface area contributed by atoms with Crippen LogP contribution in [0.15, 0.2) is 58.7 Å². The van der Waals surface area contributed by atoms with E-state index in [9.17, 15) is 9.18 Å². The highest BCUT2D eigenvalue weighted by Crippen LogP contribution is 2.49. The lowest BCUT2D eigenvalue weighted by Gasteiger charge is -2.20. The molecule has 1 unspecified atom stereocenters. The van der Waals surface area contributed by atoms with Crippen LogP contribution in [-0.2, 0) is 11.8 Å². The van der Waals surface area contributed by atoms with Gasteiger partial charge in [0.1, 0.15) is 11.7 Å². The Morgan fingerprint density at radius 3 is 2.68 bits per heavy atom. The van der Waals surface area contributed by atoms with Gasteiger partial charge in [0.2, 0.25) is 0 Å². The third-order valence-electron chi connectivity index (χ3n) is 6.46. The number of nitrogens with one attached hydrogen (secondary N) is 2. The molecular weight excluding hydrogens is 433 g/mol. The topological polar surface area (TPSA) is 123 Å². The number of anilines is 2. The summed E-state index contributed by atoms with van der Waals surface area (Å²) < 4.78 is 16.2. The Kier molecular flexibility index (Phi) is 6.39.